The predicted octanol–water partition coefficient (Wildman–Crippen LogP) is 1.49. The van der Waals surface area contributed by atoms with Gasteiger partial charge in [0.1, 0.15) is 0 Å². The molecule has 3 nitrogen and oxygen atoms in total. The lowest BCUT2D eigenvalue weighted by atomic mass is 9.68. The molecule has 1 aromatic rings. The Morgan fingerprint density at radius 2 is 2.11 bits per heavy atom. The van der Waals surface area contributed by atoms with E-state index in [0.717, 1.165) is 19.3 Å². The average Bonchev–Trinajstić information content (AvgIpc) is 3.00. The van der Waals surface area contributed by atoms with Crippen molar-refractivity contribution >= 4 is 0 Å². The highest BCUT2D eigenvalue weighted by Crippen LogP contribution is 2.49. The summed E-state index contributed by atoms with van der Waals surface area (Å²) >= 11 is 0. The van der Waals surface area contributed by atoms with Gasteiger partial charge in [-0.1, -0.05) is 30.3 Å². The summed E-state index contributed by atoms with van der Waals surface area (Å²) in [5.41, 5.74) is 6.91. The van der Waals surface area contributed by atoms with Gasteiger partial charge in [0, 0.05) is 12.0 Å². The molecule has 3 rings (SSSR count). The number of ether oxygens (including phenoxy) is 1. The summed E-state index contributed by atoms with van der Waals surface area (Å²) in [6.45, 7) is 0.516. The fourth-order valence-electron chi connectivity index (χ4n) is 3.58. The summed E-state index contributed by atoms with van der Waals surface area (Å²) in [4.78, 5) is 0. The van der Waals surface area contributed by atoms with Crippen LogP contribution < -0.4 is 5.73 Å². The van der Waals surface area contributed by atoms with Gasteiger partial charge in [0.25, 0.3) is 0 Å². The fraction of sp³-hybridized carbons (Fsp3) is 0.600. The lowest BCUT2D eigenvalue weighted by molar-refractivity contribution is -0.0240. The molecule has 0 saturated carbocycles. The van der Waals surface area contributed by atoms with Crippen molar-refractivity contribution in [1.82, 2.24) is 0 Å². The fourth-order valence-corrected chi connectivity index (χ4v) is 3.58. The third kappa shape index (κ3) is 1.87. The van der Waals surface area contributed by atoms with Crippen molar-refractivity contribution in [3.05, 3.63) is 35.9 Å². The van der Waals surface area contributed by atoms with Crippen molar-refractivity contribution in [2.24, 2.45) is 11.1 Å². The van der Waals surface area contributed by atoms with Crippen molar-refractivity contribution in [2.75, 3.05) is 6.54 Å². The number of benzene rings is 1. The molecule has 0 aliphatic carbocycles. The standard InChI is InChI=1S/C15H21NO2/c16-10-15(9-12-6-7-14(15)18-12)13(17)8-11-4-2-1-3-5-11/h1-5,12-14,17H,6-10,16H2. The average molecular weight is 247 g/mol. The number of rotatable bonds is 4. The van der Waals surface area contributed by atoms with Crippen LogP contribution in [0.3, 0.4) is 0 Å². The lowest BCUT2D eigenvalue weighted by Gasteiger charge is -2.38. The van der Waals surface area contributed by atoms with Crippen molar-refractivity contribution in [3.8, 4) is 0 Å². The number of nitrogens with two attached hydrogens (primary N) is 1. The van der Waals surface area contributed by atoms with Crippen molar-refractivity contribution in [3.63, 3.8) is 0 Å². The second-order valence-electron chi connectivity index (χ2n) is 5.67. The zero-order valence-electron chi connectivity index (χ0n) is 10.6. The van der Waals surface area contributed by atoms with E-state index in [2.05, 4.69) is 12.1 Å². The summed E-state index contributed by atoms with van der Waals surface area (Å²) in [6, 6.07) is 10.1. The predicted molar refractivity (Wildman–Crippen MR) is 70.2 cm³/mol. The Balaban J connectivity index is 1.76. The maximum atomic E-state index is 10.6. The van der Waals surface area contributed by atoms with Crippen LogP contribution in [0.5, 0.6) is 0 Å². The Morgan fingerprint density at radius 3 is 2.67 bits per heavy atom. The van der Waals surface area contributed by atoms with Crippen LogP contribution in [0.2, 0.25) is 0 Å². The van der Waals surface area contributed by atoms with Crippen LogP contribution in [-0.4, -0.2) is 30.0 Å². The van der Waals surface area contributed by atoms with Gasteiger partial charge in [0.2, 0.25) is 0 Å². The molecule has 2 fully saturated rings. The Morgan fingerprint density at radius 1 is 1.33 bits per heavy atom. The van der Waals surface area contributed by atoms with Crippen molar-refractivity contribution in [1.29, 1.82) is 0 Å². The van der Waals surface area contributed by atoms with Gasteiger partial charge in [-0.2, -0.15) is 0 Å². The van der Waals surface area contributed by atoms with E-state index in [0.29, 0.717) is 19.1 Å². The normalized spacial score (nSPS) is 35.9. The number of aliphatic hydroxyl groups excluding tert-OH is 1. The van der Waals surface area contributed by atoms with Crippen LogP contribution in [0.15, 0.2) is 30.3 Å². The van der Waals surface area contributed by atoms with Crippen molar-refractivity contribution < 1.29 is 9.84 Å². The van der Waals surface area contributed by atoms with Crippen LogP contribution in [0.25, 0.3) is 0 Å². The van der Waals surface area contributed by atoms with Gasteiger partial charge in [0.05, 0.1) is 18.3 Å². The first-order chi connectivity index (χ1) is 8.74. The molecule has 1 aromatic carbocycles. The second-order valence-corrected chi connectivity index (χ2v) is 5.67. The van der Waals surface area contributed by atoms with Crippen LogP contribution in [0.1, 0.15) is 24.8 Å². The molecule has 2 saturated heterocycles. The zero-order chi connectivity index (χ0) is 12.6. The van der Waals surface area contributed by atoms with E-state index in [1.54, 1.807) is 0 Å². The van der Waals surface area contributed by atoms with E-state index in [4.69, 9.17) is 10.5 Å². The molecule has 0 spiro atoms. The highest BCUT2D eigenvalue weighted by Gasteiger charge is 2.55. The largest absolute Gasteiger partial charge is 0.392 e. The van der Waals surface area contributed by atoms with E-state index < -0.39 is 6.10 Å². The molecule has 3 heteroatoms. The summed E-state index contributed by atoms with van der Waals surface area (Å²) < 4.78 is 5.90. The second kappa shape index (κ2) is 4.65. The van der Waals surface area contributed by atoms with Crippen LogP contribution in [0.4, 0.5) is 0 Å². The maximum Gasteiger partial charge on any atom is 0.0674 e. The number of aliphatic hydroxyl groups is 1. The smallest absolute Gasteiger partial charge is 0.0674 e. The lowest BCUT2D eigenvalue weighted by Crippen LogP contribution is -2.49. The summed E-state index contributed by atoms with van der Waals surface area (Å²) in [6.07, 6.45) is 3.85. The van der Waals surface area contributed by atoms with Crippen LogP contribution in [-0.2, 0) is 11.2 Å². The monoisotopic (exact) mass is 247 g/mol. The minimum Gasteiger partial charge on any atom is -0.392 e. The SMILES string of the molecule is NCC1(C(O)Cc2ccccc2)CC2CCC1O2. The number of hydrogen-bond donors (Lipinski definition) is 2. The molecular weight excluding hydrogens is 226 g/mol. The molecule has 2 bridgehead atoms. The minimum absolute atomic E-state index is 0.159. The minimum atomic E-state index is -0.403. The quantitative estimate of drug-likeness (QED) is 0.847. The first-order valence-electron chi connectivity index (χ1n) is 6.82. The summed E-state index contributed by atoms with van der Waals surface area (Å²) in [5.74, 6) is 0. The first-order valence-corrected chi connectivity index (χ1v) is 6.82. The van der Waals surface area contributed by atoms with Gasteiger partial charge in [-0.3, -0.25) is 0 Å². The topological polar surface area (TPSA) is 55.5 Å². The molecule has 3 N–H and O–H groups in total. The van der Waals surface area contributed by atoms with Gasteiger partial charge < -0.3 is 15.6 Å². The van der Waals surface area contributed by atoms with E-state index in [-0.39, 0.29) is 11.5 Å². The molecule has 2 heterocycles. The molecule has 98 valence electrons. The van der Waals surface area contributed by atoms with Gasteiger partial charge in [-0.05, 0) is 31.2 Å². The van der Waals surface area contributed by atoms with E-state index in [9.17, 15) is 5.11 Å². The van der Waals surface area contributed by atoms with Crippen LogP contribution in [0, 0.1) is 5.41 Å². The van der Waals surface area contributed by atoms with Gasteiger partial charge in [-0.25, -0.2) is 0 Å². The van der Waals surface area contributed by atoms with Gasteiger partial charge >= 0.3 is 0 Å². The first kappa shape index (κ1) is 12.2. The molecule has 0 radical (unpaired) electrons. The maximum absolute atomic E-state index is 10.6. The number of fused-ring (bicyclic) bond motifs is 2. The molecule has 2 aliphatic heterocycles. The van der Waals surface area contributed by atoms with Crippen LogP contribution >= 0.6 is 0 Å². The Hall–Kier alpha value is -0.900. The molecular formula is C15H21NO2. The third-order valence-electron chi connectivity index (χ3n) is 4.67. The Labute approximate surface area is 108 Å². The highest BCUT2D eigenvalue weighted by atomic mass is 16.5. The number of hydrogen-bond acceptors (Lipinski definition) is 3. The van der Waals surface area contributed by atoms with Crippen molar-refractivity contribution in [2.45, 2.75) is 44.0 Å². The summed E-state index contributed by atoms with van der Waals surface area (Å²) in [7, 11) is 0. The summed E-state index contributed by atoms with van der Waals surface area (Å²) in [5, 5.41) is 10.6. The third-order valence-corrected chi connectivity index (χ3v) is 4.67. The Bertz CT molecular complexity index is 408. The van der Waals surface area contributed by atoms with Gasteiger partial charge in [-0.15, -0.1) is 0 Å². The van der Waals surface area contributed by atoms with E-state index in [1.165, 1.54) is 5.56 Å². The van der Waals surface area contributed by atoms with E-state index >= 15 is 0 Å². The molecule has 2 aliphatic rings. The van der Waals surface area contributed by atoms with Gasteiger partial charge in [0.15, 0.2) is 0 Å². The molecule has 4 atom stereocenters. The molecule has 0 aromatic heterocycles. The zero-order valence-corrected chi connectivity index (χ0v) is 10.6. The molecule has 0 amide bonds. The Kier molecular flexibility index (Phi) is 3.14. The van der Waals surface area contributed by atoms with E-state index in [1.807, 2.05) is 18.2 Å². The molecule has 4 unspecified atom stereocenters. The molecule has 18 heavy (non-hydrogen) atoms. The highest BCUT2D eigenvalue weighted by molar-refractivity contribution is 5.17.